The van der Waals surface area contributed by atoms with E-state index in [4.69, 9.17) is 0 Å². The molecule has 0 spiro atoms. The first kappa shape index (κ1) is 14.3. The Morgan fingerprint density at radius 2 is 2.35 bits per heavy atom. The quantitative estimate of drug-likeness (QED) is 0.808. The Morgan fingerprint density at radius 3 is 2.94 bits per heavy atom. The van der Waals surface area contributed by atoms with Gasteiger partial charge in [-0.3, -0.25) is 0 Å². The van der Waals surface area contributed by atoms with Crippen LogP contribution in [0.3, 0.4) is 0 Å². The van der Waals surface area contributed by atoms with Gasteiger partial charge in [-0.25, -0.2) is 9.78 Å². The number of anilines is 1. The lowest BCUT2D eigenvalue weighted by molar-refractivity contribution is 0.0594. The fraction of sp³-hybridized carbons (Fsp3) is 0.636. The molecule has 1 heterocycles. The Morgan fingerprint density at radius 1 is 1.65 bits per heavy atom. The third-order valence-electron chi connectivity index (χ3n) is 2.12. The molecule has 6 heteroatoms. The van der Waals surface area contributed by atoms with E-state index in [9.17, 15) is 4.79 Å². The molecule has 0 saturated heterocycles. The van der Waals surface area contributed by atoms with Crippen molar-refractivity contribution in [2.75, 3.05) is 23.9 Å². The molecular weight excluding hydrogens is 256 g/mol. The van der Waals surface area contributed by atoms with Gasteiger partial charge in [-0.2, -0.15) is 11.8 Å². The average Bonchev–Trinajstić information content (AvgIpc) is 2.66. The van der Waals surface area contributed by atoms with Crippen molar-refractivity contribution < 1.29 is 9.53 Å². The Hall–Kier alpha value is -0.750. The summed E-state index contributed by atoms with van der Waals surface area (Å²) in [6.07, 6.45) is 0. The highest BCUT2D eigenvalue weighted by molar-refractivity contribution is 7.99. The van der Waals surface area contributed by atoms with Gasteiger partial charge in [0.05, 0.1) is 7.11 Å². The second-order valence-electron chi connectivity index (χ2n) is 3.62. The number of rotatable bonds is 6. The lowest BCUT2D eigenvalue weighted by Gasteiger charge is -2.11. The van der Waals surface area contributed by atoms with Crippen molar-refractivity contribution in [3.05, 3.63) is 10.6 Å². The highest BCUT2D eigenvalue weighted by atomic mass is 32.2. The molecule has 1 aromatic heterocycles. The molecule has 1 aromatic rings. The summed E-state index contributed by atoms with van der Waals surface area (Å²) >= 11 is 3.37. The maximum Gasteiger partial charge on any atom is 0.357 e. The average molecular weight is 274 g/mol. The molecule has 0 aliphatic carbocycles. The molecule has 96 valence electrons. The van der Waals surface area contributed by atoms with Crippen molar-refractivity contribution in [3.8, 4) is 0 Å². The molecule has 0 radical (unpaired) electrons. The van der Waals surface area contributed by atoms with E-state index in [1.54, 1.807) is 0 Å². The van der Waals surface area contributed by atoms with Gasteiger partial charge in [-0.05, 0) is 19.6 Å². The SMILES string of the molecule is CCSCC(C)Nc1nc(C(=O)OC)c(C)s1. The van der Waals surface area contributed by atoms with Crippen LogP contribution in [-0.4, -0.2) is 35.6 Å². The summed E-state index contributed by atoms with van der Waals surface area (Å²) in [5.41, 5.74) is 0.412. The van der Waals surface area contributed by atoms with Gasteiger partial charge in [0, 0.05) is 16.7 Å². The Balaban J connectivity index is 2.63. The van der Waals surface area contributed by atoms with Crippen LogP contribution in [0.4, 0.5) is 5.13 Å². The number of thioether (sulfide) groups is 1. The van der Waals surface area contributed by atoms with Crippen LogP contribution >= 0.6 is 23.1 Å². The van der Waals surface area contributed by atoms with Crippen LogP contribution in [0.15, 0.2) is 0 Å². The Bertz CT molecular complexity index is 380. The summed E-state index contributed by atoms with van der Waals surface area (Å²) in [5.74, 6) is 1.77. The van der Waals surface area contributed by atoms with E-state index in [-0.39, 0.29) is 5.97 Å². The van der Waals surface area contributed by atoms with Gasteiger partial charge < -0.3 is 10.1 Å². The van der Waals surface area contributed by atoms with Gasteiger partial charge in [0.1, 0.15) is 0 Å². The van der Waals surface area contributed by atoms with Crippen LogP contribution in [0.25, 0.3) is 0 Å². The van der Waals surface area contributed by atoms with E-state index in [1.807, 2.05) is 18.7 Å². The zero-order valence-electron chi connectivity index (χ0n) is 10.6. The number of carbonyl (C=O) groups excluding carboxylic acids is 1. The van der Waals surface area contributed by atoms with E-state index < -0.39 is 0 Å². The third kappa shape index (κ3) is 4.20. The highest BCUT2D eigenvalue weighted by Gasteiger charge is 2.16. The topological polar surface area (TPSA) is 51.2 Å². The molecule has 0 aliphatic rings. The van der Waals surface area contributed by atoms with Gasteiger partial charge in [0.25, 0.3) is 0 Å². The van der Waals surface area contributed by atoms with Crippen molar-refractivity contribution in [3.63, 3.8) is 0 Å². The Kier molecular flexibility index (Phi) is 5.77. The van der Waals surface area contributed by atoms with Gasteiger partial charge in [0.15, 0.2) is 10.8 Å². The van der Waals surface area contributed by atoms with Crippen LogP contribution in [0.2, 0.25) is 0 Å². The second-order valence-corrected chi connectivity index (χ2v) is 6.14. The second kappa shape index (κ2) is 6.86. The van der Waals surface area contributed by atoms with E-state index in [1.165, 1.54) is 18.4 Å². The summed E-state index contributed by atoms with van der Waals surface area (Å²) < 4.78 is 4.67. The van der Waals surface area contributed by atoms with Gasteiger partial charge >= 0.3 is 5.97 Å². The van der Waals surface area contributed by atoms with Crippen LogP contribution in [0.5, 0.6) is 0 Å². The number of nitrogens with zero attached hydrogens (tertiary/aromatic N) is 1. The van der Waals surface area contributed by atoms with Gasteiger partial charge in [-0.1, -0.05) is 6.92 Å². The summed E-state index contributed by atoms with van der Waals surface area (Å²) in [6, 6.07) is 0.344. The first-order valence-electron chi connectivity index (χ1n) is 5.48. The predicted octanol–water partition coefficient (Wildman–Crippen LogP) is 2.79. The van der Waals surface area contributed by atoms with Gasteiger partial charge in [-0.15, -0.1) is 11.3 Å². The lowest BCUT2D eigenvalue weighted by Crippen LogP contribution is -2.18. The first-order valence-corrected chi connectivity index (χ1v) is 7.45. The number of ether oxygens (including phenoxy) is 1. The largest absolute Gasteiger partial charge is 0.464 e. The number of carbonyl (C=O) groups is 1. The summed E-state index contributed by atoms with van der Waals surface area (Å²) in [7, 11) is 1.37. The standard InChI is InChI=1S/C11H18N2O2S2/c1-5-16-6-7(2)12-11-13-9(8(3)17-11)10(14)15-4/h7H,5-6H2,1-4H3,(H,12,13). The fourth-order valence-corrected chi connectivity index (χ4v) is 2.88. The maximum absolute atomic E-state index is 11.4. The predicted molar refractivity (Wildman–Crippen MR) is 74.3 cm³/mol. The number of aryl methyl sites for hydroxylation is 1. The number of esters is 1. The number of aromatic nitrogens is 1. The molecule has 0 aliphatic heterocycles. The van der Waals surface area contributed by atoms with Crippen molar-refractivity contribution in [2.24, 2.45) is 0 Å². The van der Waals surface area contributed by atoms with Crippen LogP contribution in [-0.2, 0) is 4.74 Å². The summed E-state index contributed by atoms with van der Waals surface area (Å²) in [5, 5.41) is 4.08. The minimum atomic E-state index is -0.373. The molecule has 0 aromatic carbocycles. The monoisotopic (exact) mass is 274 g/mol. The number of hydrogen-bond acceptors (Lipinski definition) is 6. The zero-order valence-corrected chi connectivity index (χ0v) is 12.2. The number of methoxy groups -OCH3 is 1. The molecule has 0 fully saturated rings. The zero-order chi connectivity index (χ0) is 12.8. The van der Waals surface area contributed by atoms with Crippen molar-refractivity contribution in [1.29, 1.82) is 0 Å². The third-order valence-corrected chi connectivity index (χ3v) is 4.16. The van der Waals surface area contributed by atoms with E-state index in [0.29, 0.717) is 11.7 Å². The van der Waals surface area contributed by atoms with Crippen molar-refractivity contribution >= 4 is 34.2 Å². The molecule has 4 nitrogen and oxygen atoms in total. The summed E-state index contributed by atoms with van der Waals surface area (Å²) in [6.45, 7) is 6.12. The van der Waals surface area contributed by atoms with Crippen LogP contribution in [0.1, 0.15) is 29.2 Å². The molecule has 1 unspecified atom stereocenters. The van der Waals surface area contributed by atoms with E-state index in [0.717, 1.165) is 21.5 Å². The minimum Gasteiger partial charge on any atom is -0.464 e. The van der Waals surface area contributed by atoms with E-state index in [2.05, 4.69) is 28.9 Å². The van der Waals surface area contributed by atoms with Crippen molar-refractivity contribution in [1.82, 2.24) is 4.98 Å². The Labute approximate surface area is 110 Å². The number of thiazole rings is 1. The highest BCUT2D eigenvalue weighted by Crippen LogP contribution is 2.23. The number of nitrogens with one attached hydrogen (secondary N) is 1. The minimum absolute atomic E-state index is 0.344. The van der Waals surface area contributed by atoms with Crippen LogP contribution < -0.4 is 5.32 Å². The smallest absolute Gasteiger partial charge is 0.357 e. The normalized spacial score (nSPS) is 12.2. The molecule has 0 bridgehead atoms. The van der Waals surface area contributed by atoms with Gasteiger partial charge in [0.2, 0.25) is 0 Å². The molecule has 1 rings (SSSR count). The first-order chi connectivity index (χ1) is 8.08. The molecule has 0 amide bonds. The molecule has 17 heavy (non-hydrogen) atoms. The van der Waals surface area contributed by atoms with Crippen LogP contribution in [0, 0.1) is 6.92 Å². The fourth-order valence-electron chi connectivity index (χ4n) is 1.29. The molecule has 0 saturated carbocycles. The maximum atomic E-state index is 11.4. The van der Waals surface area contributed by atoms with Crippen molar-refractivity contribution in [2.45, 2.75) is 26.8 Å². The molecule has 1 atom stereocenters. The summed E-state index contributed by atoms with van der Waals surface area (Å²) in [4.78, 5) is 16.5. The lowest BCUT2D eigenvalue weighted by atomic mass is 10.4. The van der Waals surface area contributed by atoms with E-state index >= 15 is 0 Å². The molecular formula is C11H18N2O2S2. The molecule has 1 N–H and O–H groups in total. The number of hydrogen-bond donors (Lipinski definition) is 1.